The van der Waals surface area contributed by atoms with Crippen molar-refractivity contribution in [2.24, 2.45) is 0 Å². The molecule has 7 nitrogen and oxygen atoms in total. The molecule has 3 aromatic rings. The SMILES string of the molecule is O=CNCCCCC(NC(=O)OCC1c2ccccc2-c2ccccc21)C(=O)OCc1ccccc1. The zero-order valence-electron chi connectivity index (χ0n) is 20.0. The molecule has 0 aliphatic heterocycles. The molecule has 186 valence electrons. The number of hydrogen-bond donors (Lipinski definition) is 2. The largest absolute Gasteiger partial charge is 0.459 e. The molecule has 7 heteroatoms. The highest BCUT2D eigenvalue weighted by atomic mass is 16.6. The monoisotopic (exact) mass is 486 g/mol. The Kier molecular flexibility index (Phi) is 8.70. The van der Waals surface area contributed by atoms with Gasteiger partial charge in [0, 0.05) is 12.5 Å². The topological polar surface area (TPSA) is 93.7 Å². The van der Waals surface area contributed by atoms with Crippen LogP contribution in [0, 0.1) is 0 Å². The van der Waals surface area contributed by atoms with Crippen molar-refractivity contribution in [2.75, 3.05) is 13.2 Å². The molecular weight excluding hydrogens is 456 g/mol. The predicted octanol–water partition coefficient (Wildman–Crippen LogP) is 4.55. The number of amides is 2. The van der Waals surface area contributed by atoms with Crippen molar-refractivity contribution in [1.29, 1.82) is 0 Å². The van der Waals surface area contributed by atoms with Crippen LogP contribution >= 0.6 is 0 Å². The van der Waals surface area contributed by atoms with Crippen LogP contribution < -0.4 is 10.6 Å². The summed E-state index contributed by atoms with van der Waals surface area (Å²) in [5.41, 5.74) is 5.39. The molecule has 0 aromatic heterocycles. The first-order valence-corrected chi connectivity index (χ1v) is 12.2. The van der Waals surface area contributed by atoms with Crippen LogP contribution in [0.5, 0.6) is 0 Å². The Morgan fingerprint density at radius 2 is 1.47 bits per heavy atom. The van der Waals surface area contributed by atoms with Gasteiger partial charge in [-0.2, -0.15) is 0 Å². The number of benzene rings is 3. The van der Waals surface area contributed by atoms with Crippen molar-refractivity contribution >= 4 is 18.5 Å². The van der Waals surface area contributed by atoms with E-state index in [1.54, 1.807) is 0 Å². The van der Waals surface area contributed by atoms with Gasteiger partial charge in [-0.25, -0.2) is 9.59 Å². The van der Waals surface area contributed by atoms with Gasteiger partial charge in [0.25, 0.3) is 0 Å². The smallest absolute Gasteiger partial charge is 0.407 e. The Hall–Kier alpha value is -4.13. The van der Waals surface area contributed by atoms with Crippen molar-refractivity contribution in [1.82, 2.24) is 10.6 Å². The number of fused-ring (bicyclic) bond motifs is 3. The fourth-order valence-electron chi connectivity index (χ4n) is 4.50. The summed E-state index contributed by atoms with van der Waals surface area (Å²) in [5.74, 6) is -0.586. The summed E-state index contributed by atoms with van der Waals surface area (Å²) < 4.78 is 11.1. The lowest BCUT2D eigenvalue weighted by Gasteiger charge is -2.19. The molecule has 2 amide bonds. The molecule has 1 aliphatic carbocycles. The summed E-state index contributed by atoms with van der Waals surface area (Å²) in [6, 6.07) is 24.7. The number of carbonyl (C=O) groups is 3. The van der Waals surface area contributed by atoms with E-state index in [-0.39, 0.29) is 19.1 Å². The molecular formula is C29H30N2O5. The fourth-order valence-corrected chi connectivity index (χ4v) is 4.50. The van der Waals surface area contributed by atoms with Crippen molar-refractivity contribution < 1.29 is 23.9 Å². The number of unbranched alkanes of at least 4 members (excludes halogenated alkanes) is 1. The molecule has 4 rings (SSSR count). The van der Waals surface area contributed by atoms with Crippen LogP contribution in [-0.4, -0.2) is 37.7 Å². The first-order valence-electron chi connectivity index (χ1n) is 12.2. The number of carbonyl (C=O) groups excluding carboxylic acids is 3. The van der Waals surface area contributed by atoms with Gasteiger partial charge in [-0.1, -0.05) is 78.9 Å². The summed E-state index contributed by atoms with van der Waals surface area (Å²) in [6.45, 7) is 0.782. The van der Waals surface area contributed by atoms with Gasteiger partial charge in [0.15, 0.2) is 0 Å². The second-order valence-electron chi connectivity index (χ2n) is 8.68. The van der Waals surface area contributed by atoms with Crippen molar-refractivity contribution in [3.63, 3.8) is 0 Å². The van der Waals surface area contributed by atoms with Gasteiger partial charge >= 0.3 is 12.1 Å². The van der Waals surface area contributed by atoms with E-state index < -0.39 is 18.1 Å². The molecule has 1 aliphatic rings. The Morgan fingerprint density at radius 3 is 2.14 bits per heavy atom. The van der Waals surface area contributed by atoms with Crippen LogP contribution in [0.3, 0.4) is 0 Å². The Morgan fingerprint density at radius 1 is 0.833 bits per heavy atom. The second-order valence-corrected chi connectivity index (χ2v) is 8.68. The van der Waals surface area contributed by atoms with E-state index in [0.717, 1.165) is 27.8 Å². The minimum Gasteiger partial charge on any atom is -0.459 e. The van der Waals surface area contributed by atoms with Crippen LogP contribution in [0.2, 0.25) is 0 Å². The normalized spacial score (nSPS) is 12.7. The van der Waals surface area contributed by atoms with E-state index in [2.05, 4.69) is 34.9 Å². The quantitative estimate of drug-likeness (QED) is 0.223. The van der Waals surface area contributed by atoms with E-state index in [1.165, 1.54) is 0 Å². The van der Waals surface area contributed by atoms with Gasteiger partial charge < -0.3 is 20.1 Å². The van der Waals surface area contributed by atoms with Gasteiger partial charge in [0.1, 0.15) is 19.3 Å². The first kappa shape index (κ1) is 25.0. The highest BCUT2D eigenvalue weighted by molar-refractivity contribution is 5.82. The lowest BCUT2D eigenvalue weighted by molar-refractivity contribution is -0.147. The molecule has 0 radical (unpaired) electrons. The summed E-state index contributed by atoms with van der Waals surface area (Å²) in [4.78, 5) is 36.0. The standard InChI is InChI=1S/C29H30N2O5/c32-20-30-17-9-8-16-27(28(33)35-18-21-10-2-1-3-11-21)31-29(34)36-19-26-24-14-6-4-12-22(24)23-13-5-7-15-25(23)26/h1-7,10-15,20,26-27H,8-9,16-19H2,(H,30,32)(H,31,34). The zero-order chi connectivity index (χ0) is 25.2. The second kappa shape index (κ2) is 12.5. The Balaban J connectivity index is 1.36. The fraction of sp³-hybridized carbons (Fsp3) is 0.276. The highest BCUT2D eigenvalue weighted by Crippen LogP contribution is 2.44. The molecule has 36 heavy (non-hydrogen) atoms. The number of hydrogen-bond acceptors (Lipinski definition) is 5. The van der Waals surface area contributed by atoms with Crippen LogP contribution in [0.15, 0.2) is 78.9 Å². The minimum atomic E-state index is -0.847. The molecule has 0 spiro atoms. The minimum absolute atomic E-state index is 0.0685. The van der Waals surface area contributed by atoms with Crippen molar-refractivity contribution in [3.8, 4) is 11.1 Å². The molecule has 1 atom stereocenters. The van der Waals surface area contributed by atoms with Gasteiger partial charge in [0.05, 0.1) is 0 Å². The number of ether oxygens (including phenoxy) is 2. The number of nitrogens with one attached hydrogen (secondary N) is 2. The maximum absolute atomic E-state index is 12.8. The lowest BCUT2D eigenvalue weighted by atomic mass is 9.98. The average Bonchev–Trinajstić information content (AvgIpc) is 3.24. The predicted molar refractivity (Wildman–Crippen MR) is 136 cm³/mol. The van der Waals surface area contributed by atoms with Gasteiger partial charge in [-0.05, 0) is 47.1 Å². The van der Waals surface area contributed by atoms with E-state index >= 15 is 0 Å². The van der Waals surface area contributed by atoms with Gasteiger partial charge in [-0.15, -0.1) is 0 Å². The maximum Gasteiger partial charge on any atom is 0.407 e. The number of rotatable bonds is 12. The molecule has 0 heterocycles. The third-order valence-corrected chi connectivity index (χ3v) is 6.29. The van der Waals surface area contributed by atoms with Crippen LogP contribution in [-0.2, 0) is 25.7 Å². The molecule has 2 N–H and O–H groups in total. The van der Waals surface area contributed by atoms with Crippen LogP contribution in [0.1, 0.15) is 41.9 Å². The van der Waals surface area contributed by atoms with Crippen LogP contribution in [0.25, 0.3) is 11.1 Å². The third-order valence-electron chi connectivity index (χ3n) is 6.29. The Bertz CT molecular complexity index is 1140. The maximum atomic E-state index is 12.8. The van der Waals surface area contributed by atoms with Crippen LogP contribution in [0.4, 0.5) is 4.79 Å². The number of esters is 1. The summed E-state index contributed by atoms with van der Waals surface area (Å²) in [7, 11) is 0. The Labute approximate surface area is 210 Å². The van der Waals surface area contributed by atoms with Crippen molar-refractivity contribution in [3.05, 3.63) is 95.6 Å². The van der Waals surface area contributed by atoms with E-state index in [1.807, 2.05) is 54.6 Å². The van der Waals surface area contributed by atoms with E-state index in [9.17, 15) is 14.4 Å². The van der Waals surface area contributed by atoms with E-state index in [4.69, 9.17) is 9.47 Å². The number of alkyl carbamates (subject to hydrolysis) is 1. The molecule has 0 bridgehead atoms. The summed E-state index contributed by atoms with van der Waals surface area (Å²) in [6.07, 6.45) is 1.65. The molecule has 0 saturated carbocycles. The van der Waals surface area contributed by atoms with Crippen molar-refractivity contribution in [2.45, 2.75) is 37.8 Å². The van der Waals surface area contributed by atoms with Gasteiger partial charge in [-0.3, -0.25) is 4.79 Å². The van der Waals surface area contributed by atoms with Gasteiger partial charge in [0.2, 0.25) is 6.41 Å². The molecule has 0 saturated heterocycles. The highest BCUT2D eigenvalue weighted by Gasteiger charge is 2.30. The summed E-state index contributed by atoms with van der Waals surface area (Å²) >= 11 is 0. The lowest BCUT2D eigenvalue weighted by Crippen LogP contribution is -2.42. The average molecular weight is 487 g/mol. The zero-order valence-corrected chi connectivity index (χ0v) is 20.0. The molecule has 0 fully saturated rings. The van der Waals surface area contributed by atoms with E-state index in [0.29, 0.717) is 32.2 Å². The summed E-state index contributed by atoms with van der Waals surface area (Å²) in [5, 5.41) is 5.29. The first-order chi connectivity index (χ1) is 17.7. The third kappa shape index (κ3) is 6.30. The molecule has 3 aromatic carbocycles. The molecule has 1 unspecified atom stereocenters.